The lowest BCUT2D eigenvalue weighted by atomic mass is 9.86. The highest BCUT2D eigenvalue weighted by molar-refractivity contribution is 5.38. The molecule has 1 heterocycles. The molecule has 1 aromatic rings. The topological polar surface area (TPSA) is 18.5 Å². The van der Waals surface area contributed by atoms with Gasteiger partial charge in [-0.3, -0.25) is 0 Å². The lowest BCUT2D eigenvalue weighted by molar-refractivity contribution is -0.121. The van der Waals surface area contributed by atoms with Gasteiger partial charge in [0.2, 0.25) is 6.29 Å². The zero-order valence-electron chi connectivity index (χ0n) is 9.57. The Hall–Kier alpha value is -1.02. The summed E-state index contributed by atoms with van der Waals surface area (Å²) in [6.07, 6.45) is -0.0973. The molecule has 0 aromatic heterocycles. The highest BCUT2D eigenvalue weighted by Gasteiger charge is 2.32. The van der Waals surface area contributed by atoms with Crippen molar-refractivity contribution in [2.24, 2.45) is 5.92 Å². The van der Waals surface area contributed by atoms with Gasteiger partial charge in [-0.05, 0) is 24.5 Å². The van der Waals surface area contributed by atoms with Gasteiger partial charge in [0.05, 0.1) is 0 Å². The number of ether oxygens (including phenoxy) is 2. The summed E-state index contributed by atoms with van der Waals surface area (Å²) < 4.78 is 11.4. The van der Waals surface area contributed by atoms with Gasteiger partial charge < -0.3 is 9.47 Å². The second-order valence-corrected chi connectivity index (χ2v) is 4.13. The van der Waals surface area contributed by atoms with E-state index in [2.05, 4.69) is 26.0 Å². The van der Waals surface area contributed by atoms with Crippen molar-refractivity contribution in [3.8, 4) is 5.75 Å². The van der Waals surface area contributed by atoms with E-state index in [1.807, 2.05) is 19.1 Å². The Labute approximate surface area is 91.2 Å². The lowest BCUT2D eigenvalue weighted by Crippen LogP contribution is -2.35. The molecular formula is C13H18O2. The van der Waals surface area contributed by atoms with E-state index in [0.717, 1.165) is 5.75 Å². The van der Waals surface area contributed by atoms with Gasteiger partial charge in [-0.15, -0.1) is 0 Å². The van der Waals surface area contributed by atoms with Gasteiger partial charge in [0.25, 0.3) is 0 Å². The highest BCUT2D eigenvalue weighted by Crippen LogP contribution is 2.39. The quantitative estimate of drug-likeness (QED) is 0.740. The average Bonchev–Trinajstić information content (AvgIpc) is 2.26. The summed E-state index contributed by atoms with van der Waals surface area (Å²) in [5.41, 5.74) is 1.29. The van der Waals surface area contributed by atoms with Crippen LogP contribution in [-0.4, -0.2) is 12.9 Å². The van der Waals surface area contributed by atoms with Crippen LogP contribution in [-0.2, 0) is 4.74 Å². The van der Waals surface area contributed by atoms with Gasteiger partial charge in [-0.1, -0.05) is 32.0 Å². The van der Waals surface area contributed by atoms with E-state index in [1.54, 1.807) is 0 Å². The largest absolute Gasteiger partial charge is 0.464 e. The predicted molar refractivity (Wildman–Crippen MR) is 60.1 cm³/mol. The van der Waals surface area contributed by atoms with Crippen molar-refractivity contribution in [3.05, 3.63) is 29.8 Å². The van der Waals surface area contributed by atoms with Crippen molar-refractivity contribution < 1.29 is 9.47 Å². The number of fused-ring (bicyclic) bond motifs is 1. The summed E-state index contributed by atoms with van der Waals surface area (Å²) in [5.74, 6) is 1.87. The number of rotatable bonds is 2. The maximum atomic E-state index is 5.83. The van der Waals surface area contributed by atoms with Crippen LogP contribution in [0.25, 0.3) is 0 Å². The fourth-order valence-electron chi connectivity index (χ4n) is 2.07. The Morgan fingerprint density at radius 3 is 2.73 bits per heavy atom. The lowest BCUT2D eigenvalue weighted by Gasteiger charge is -2.35. The van der Waals surface area contributed by atoms with E-state index in [0.29, 0.717) is 18.4 Å². The van der Waals surface area contributed by atoms with Crippen molar-refractivity contribution in [3.63, 3.8) is 0 Å². The smallest absolute Gasteiger partial charge is 0.202 e. The molecule has 0 aliphatic carbocycles. The minimum Gasteiger partial charge on any atom is -0.464 e. The van der Waals surface area contributed by atoms with E-state index in [9.17, 15) is 0 Å². The average molecular weight is 206 g/mol. The Bertz CT molecular complexity index is 335. The first kappa shape index (κ1) is 10.5. The van der Waals surface area contributed by atoms with Crippen LogP contribution in [0.15, 0.2) is 24.3 Å². The Kier molecular flexibility index (Phi) is 2.96. The number of para-hydroxylation sites is 1. The van der Waals surface area contributed by atoms with E-state index in [-0.39, 0.29) is 6.29 Å². The van der Waals surface area contributed by atoms with Crippen molar-refractivity contribution in [2.75, 3.05) is 6.61 Å². The molecule has 1 aromatic carbocycles. The normalized spacial score (nSPS) is 29.4. The fraction of sp³-hybridized carbons (Fsp3) is 0.538. The summed E-state index contributed by atoms with van der Waals surface area (Å²) in [6, 6.07) is 8.22. The number of benzene rings is 1. The van der Waals surface area contributed by atoms with Crippen LogP contribution in [0.1, 0.15) is 32.3 Å². The SMILES string of the molecule is CCO[C@@H]1Oc2ccccc2[C@H](C)C1C. The highest BCUT2D eigenvalue weighted by atomic mass is 16.7. The van der Waals surface area contributed by atoms with E-state index < -0.39 is 0 Å². The van der Waals surface area contributed by atoms with Crippen LogP contribution >= 0.6 is 0 Å². The molecular weight excluding hydrogens is 188 g/mol. The van der Waals surface area contributed by atoms with Crippen LogP contribution in [0.3, 0.4) is 0 Å². The molecule has 0 saturated heterocycles. The third kappa shape index (κ3) is 1.86. The molecule has 82 valence electrons. The number of hydrogen-bond acceptors (Lipinski definition) is 2. The minimum atomic E-state index is -0.0973. The second-order valence-electron chi connectivity index (χ2n) is 4.13. The Morgan fingerprint density at radius 1 is 1.27 bits per heavy atom. The molecule has 3 atom stereocenters. The molecule has 0 amide bonds. The van der Waals surface area contributed by atoms with Crippen molar-refractivity contribution in [2.45, 2.75) is 33.0 Å². The molecule has 0 fully saturated rings. The zero-order valence-corrected chi connectivity index (χ0v) is 9.57. The first-order valence-electron chi connectivity index (χ1n) is 5.61. The summed E-state index contributed by atoms with van der Waals surface area (Å²) in [7, 11) is 0. The second kappa shape index (κ2) is 4.23. The zero-order chi connectivity index (χ0) is 10.8. The third-order valence-electron chi connectivity index (χ3n) is 3.20. The fourth-order valence-corrected chi connectivity index (χ4v) is 2.07. The van der Waals surface area contributed by atoms with Crippen LogP contribution in [0.5, 0.6) is 5.75 Å². The van der Waals surface area contributed by atoms with Crippen molar-refractivity contribution in [1.29, 1.82) is 0 Å². The molecule has 0 N–H and O–H groups in total. The van der Waals surface area contributed by atoms with Crippen molar-refractivity contribution >= 4 is 0 Å². The molecule has 2 rings (SSSR count). The van der Waals surface area contributed by atoms with E-state index >= 15 is 0 Å². The maximum Gasteiger partial charge on any atom is 0.202 e. The van der Waals surface area contributed by atoms with Crippen LogP contribution in [0, 0.1) is 5.92 Å². The summed E-state index contributed by atoms with van der Waals surface area (Å²) >= 11 is 0. The Morgan fingerprint density at radius 2 is 2.00 bits per heavy atom. The van der Waals surface area contributed by atoms with E-state index in [1.165, 1.54) is 5.56 Å². The first-order valence-corrected chi connectivity index (χ1v) is 5.61. The standard InChI is InChI=1S/C13H18O2/c1-4-14-13-10(3)9(2)11-7-5-6-8-12(11)15-13/h5-10,13H,4H2,1-3H3/t9-,10?,13-/m1/s1. The van der Waals surface area contributed by atoms with Gasteiger partial charge >= 0.3 is 0 Å². The molecule has 2 heteroatoms. The number of hydrogen-bond donors (Lipinski definition) is 0. The molecule has 0 saturated carbocycles. The summed E-state index contributed by atoms with van der Waals surface area (Å²) in [5, 5.41) is 0. The molecule has 15 heavy (non-hydrogen) atoms. The molecule has 1 aliphatic heterocycles. The van der Waals surface area contributed by atoms with Gasteiger partial charge in [0.1, 0.15) is 5.75 Å². The van der Waals surface area contributed by atoms with Crippen molar-refractivity contribution in [1.82, 2.24) is 0 Å². The van der Waals surface area contributed by atoms with Gasteiger partial charge in [0.15, 0.2) is 0 Å². The van der Waals surface area contributed by atoms with Crippen LogP contribution in [0.4, 0.5) is 0 Å². The molecule has 0 radical (unpaired) electrons. The van der Waals surface area contributed by atoms with Crippen LogP contribution < -0.4 is 4.74 Å². The predicted octanol–water partition coefficient (Wildman–Crippen LogP) is 3.18. The molecule has 1 unspecified atom stereocenters. The maximum absolute atomic E-state index is 5.83. The van der Waals surface area contributed by atoms with Gasteiger partial charge in [0, 0.05) is 12.5 Å². The van der Waals surface area contributed by atoms with Gasteiger partial charge in [-0.25, -0.2) is 0 Å². The summed E-state index contributed by atoms with van der Waals surface area (Å²) in [4.78, 5) is 0. The minimum absolute atomic E-state index is 0.0973. The molecule has 0 spiro atoms. The first-order chi connectivity index (χ1) is 7.24. The Balaban J connectivity index is 2.28. The molecule has 2 nitrogen and oxygen atoms in total. The van der Waals surface area contributed by atoms with Gasteiger partial charge in [-0.2, -0.15) is 0 Å². The monoisotopic (exact) mass is 206 g/mol. The van der Waals surface area contributed by atoms with Crippen LogP contribution in [0.2, 0.25) is 0 Å². The van der Waals surface area contributed by atoms with E-state index in [4.69, 9.17) is 9.47 Å². The summed E-state index contributed by atoms with van der Waals surface area (Å²) in [6.45, 7) is 7.12. The molecule has 0 bridgehead atoms. The third-order valence-corrected chi connectivity index (χ3v) is 3.20. The molecule has 1 aliphatic rings.